The van der Waals surface area contributed by atoms with E-state index in [9.17, 15) is 13.9 Å². The maximum absolute atomic E-state index is 15.9. The van der Waals surface area contributed by atoms with Crippen molar-refractivity contribution in [3.8, 4) is 0 Å². The molecule has 0 bridgehead atoms. The number of ether oxygens (including phenoxy) is 3. The number of anilines is 2. The molecule has 0 amide bonds. The Morgan fingerprint density at radius 2 is 1.72 bits per heavy atom. The molecule has 10 atom stereocenters. The molecule has 2 aliphatic rings. The molecule has 250 valence electrons. The summed E-state index contributed by atoms with van der Waals surface area (Å²) in [5, 5.41) is 0. The van der Waals surface area contributed by atoms with Crippen LogP contribution in [0.3, 0.4) is 0 Å². The quantitative estimate of drug-likeness (QED) is 0.108. The molecule has 2 saturated heterocycles. The first-order valence-corrected chi connectivity index (χ1v) is 18.5. The lowest BCUT2D eigenvalue weighted by Gasteiger charge is -2.23. The van der Waals surface area contributed by atoms with E-state index < -0.39 is 75.4 Å². The Hall–Kier alpha value is -2.72. The molecule has 6 rings (SSSR count). The summed E-state index contributed by atoms with van der Waals surface area (Å²) in [5.74, 6) is -0.184. The van der Waals surface area contributed by atoms with E-state index in [0.29, 0.717) is 0 Å². The predicted molar refractivity (Wildman–Crippen MR) is 162 cm³/mol. The summed E-state index contributed by atoms with van der Waals surface area (Å²) < 4.78 is 92.0. The van der Waals surface area contributed by atoms with Crippen molar-refractivity contribution < 1.29 is 45.7 Å². The second-order valence-corrected chi connectivity index (χ2v) is 14.8. The van der Waals surface area contributed by atoms with Gasteiger partial charge in [-0.25, -0.2) is 33.3 Å². The van der Waals surface area contributed by atoms with Gasteiger partial charge < -0.3 is 30.2 Å². The van der Waals surface area contributed by atoms with Crippen LogP contribution in [0.15, 0.2) is 23.8 Å². The third-order valence-corrected chi connectivity index (χ3v) is 9.55. The standard InChI is InChI=1S/C21H26F2N10O9P2S2/c1-37-2-8-13(10(23)19(40-8)33-6-29-12-17(33)30-21(25)31-18(12)34)42-44(36,46)38-3-7-9(22)14(41-43(35)45)20(39-7)32-5-28-11-15(24)26-4-27-16(11)32/h4-10,13-14,19-20,43H,2-3H2,1H3,(H,35,45)(H,36,46)(H2,24,26,27)(H3,25,30,31,34)/t7-,8-,9-,10-,13-,14-,19-,20-,44-/m1/s1. The number of halogens is 2. The number of imidazole rings is 2. The van der Waals surface area contributed by atoms with Crippen LogP contribution < -0.4 is 17.0 Å². The molecule has 0 spiro atoms. The fraction of sp³-hybridized carbons (Fsp3) is 0.524. The molecule has 1 unspecified atom stereocenters. The number of H-pyrrole nitrogens is 1. The minimum Gasteiger partial charge on any atom is -0.382 e. The normalized spacial score (nSPS) is 30.3. The SMILES string of the molecule is COC[C@H]1O[C@@H](n2cnc3c(=O)[nH]c(N)nc32)[C@H](F)[C@@H]1O[P@](=O)(S)OC[C@H]1O[C@@H](n2cnc3c(N)ncnc32)[C@H](O[PH](=O)S)[C@@H]1F. The first-order valence-electron chi connectivity index (χ1n) is 13.2. The molecule has 0 aromatic carbocycles. The van der Waals surface area contributed by atoms with Gasteiger partial charge in [0.15, 0.2) is 47.4 Å². The van der Waals surface area contributed by atoms with Crippen molar-refractivity contribution in [2.45, 2.75) is 49.2 Å². The van der Waals surface area contributed by atoms with Crippen molar-refractivity contribution >= 4 is 72.6 Å². The molecule has 6 heterocycles. The number of nitrogens with one attached hydrogen (secondary N) is 1. The molecule has 4 aromatic rings. The average Bonchev–Trinajstić information content (AvgIpc) is 3.74. The number of fused-ring (bicyclic) bond motifs is 2. The molecule has 0 radical (unpaired) electrons. The minimum atomic E-state index is -4.47. The van der Waals surface area contributed by atoms with E-state index in [4.69, 9.17) is 39.2 Å². The molecular formula is C21H26F2N10O9P2S2. The number of nitrogen functional groups attached to an aromatic ring is 2. The number of rotatable bonds is 11. The van der Waals surface area contributed by atoms with Gasteiger partial charge in [0.1, 0.15) is 36.3 Å². The zero-order chi connectivity index (χ0) is 32.9. The van der Waals surface area contributed by atoms with Crippen molar-refractivity contribution in [1.82, 2.24) is 39.0 Å². The monoisotopic (exact) mass is 726 g/mol. The zero-order valence-corrected chi connectivity index (χ0v) is 27.0. The topological polar surface area (TPSA) is 249 Å². The molecular weight excluding hydrogens is 700 g/mol. The molecule has 19 nitrogen and oxygen atoms in total. The Bertz CT molecular complexity index is 1890. The summed E-state index contributed by atoms with van der Waals surface area (Å²) in [4.78, 5) is 34.5. The van der Waals surface area contributed by atoms with E-state index in [1.165, 1.54) is 18.0 Å². The summed E-state index contributed by atoms with van der Waals surface area (Å²) in [5.41, 5.74) is 11.0. The van der Waals surface area contributed by atoms with Crippen molar-refractivity contribution in [3.63, 3.8) is 0 Å². The van der Waals surface area contributed by atoms with Gasteiger partial charge in [-0.1, -0.05) is 24.5 Å². The molecule has 2 aliphatic heterocycles. The summed E-state index contributed by atoms with van der Waals surface area (Å²) >= 11 is 7.73. The Kier molecular flexibility index (Phi) is 9.42. The minimum absolute atomic E-state index is 0.0539. The van der Waals surface area contributed by atoms with E-state index in [2.05, 4.69) is 54.4 Å². The number of hydrogen-bond donors (Lipinski definition) is 5. The van der Waals surface area contributed by atoms with Gasteiger partial charge in [-0.2, -0.15) is 4.98 Å². The van der Waals surface area contributed by atoms with Gasteiger partial charge in [0, 0.05) is 7.11 Å². The van der Waals surface area contributed by atoms with E-state index in [0.717, 1.165) is 17.2 Å². The summed E-state index contributed by atoms with van der Waals surface area (Å²) in [6, 6.07) is 0. The van der Waals surface area contributed by atoms with Gasteiger partial charge in [-0.3, -0.25) is 32.5 Å². The third kappa shape index (κ3) is 6.28. The van der Waals surface area contributed by atoms with Gasteiger partial charge in [-0.05, 0) is 0 Å². The van der Waals surface area contributed by atoms with Crippen LogP contribution in [0.1, 0.15) is 12.5 Å². The first-order chi connectivity index (χ1) is 21.9. The van der Waals surface area contributed by atoms with Gasteiger partial charge in [-0.15, -0.1) is 0 Å². The van der Waals surface area contributed by atoms with Crippen molar-refractivity contribution in [1.29, 1.82) is 0 Å². The highest BCUT2D eigenvalue weighted by molar-refractivity contribution is 8.44. The predicted octanol–water partition coefficient (Wildman–Crippen LogP) is 1.39. The van der Waals surface area contributed by atoms with E-state index >= 15 is 8.78 Å². The number of thiol groups is 2. The molecule has 0 aliphatic carbocycles. The number of nitrogens with two attached hydrogens (primary N) is 2. The largest absolute Gasteiger partial charge is 0.386 e. The number of aromatic nitrogens is 8. The lowest BCUT2D eigenvalue weighted by atomic mass is 10.1. The molecule has 5 N–H and O–H groups in total. The highest BCUT2D eigenvalue weighted by Gasteiger charge is 2.52. The van der Waals surface area contributed by atoms with Crippen LogP contribution in [0.4, 0.5) is 20.5 Å². The Labute approximate surface area is 267 Å². The van der Waals surface area contributed by atoms with Gasteiger partial charge in [0.2, 0.25) is 13.2 Å². The fourth-order valence-electron chi connectivity index (χ4n) is 5.17. The average molecular weight is 727 g/mol. The van der Waals surface area contributed by atoms with Crippen molar-refractivity contribution in [2.24, 2.45) is 0 Å². The smallest absolute Gasteiger partial charge is 0.382 e. The fourth-order valence-corrected chi connectivity index (χ4v) is 7.50. The Morgan fingerprint density at radius 1 is 1.02 bits per heavy atom. The summed E-state index contributed by atoms with van der Waals surface area (Å²) in [6.07, 6.45) is -8.93. The number of alkyl halides is 2. The number of methoxy groups -OCH3 is 1. The summed E-state index contributed by atoms with van der Waals surface area (Å²) in [6.45, 7) is -5.41. The molecule has 46 heavy (non-hydrogen) atoms. The van der Waals surface area contributed by atoms with Crippen LogP contribution in [-0.2, 0) is 36.9 Å². The number of aromatic amines is 1. The second-order valence-electron chi connectivity index (χ2n) is 10.0. The second kappa shape index (κ2) is 13.1. The van der Waals surface area contributed by atoms with Crippen LogP contribution in [0.5, 0.6) is 0 Å². The first kappa shape index (κ1) is 33.2. The highest BCUT2D eigenvalue weighted by Crippen LogP contribution is 2.57. The third-order valence-electron chi connectivity index (χ3n) is 7.14. The maximum Gasteiger partial charge on any atom is 0.386 e. The molecule has 4 aromatic heterocycles. The molecule has 2 fully saturated rings. The van der Waals surface area contributed by atoms with E-state index in [1.54, 1.807) is 0 Å². The Morgan fingerprint density at radius 3 is 2.43 bits per heavy atom. The van der Waals surface area contributed by atoms with Crippen LogP contribution in [-0.4, -0.2) is 96.1 Å². The number of hydrogen-bond acceptors (Lipinski definition) is 16. The zero-order valence-electron chi connectivity index (χ0n) is 23.3. The van der Waals surface area contributed by atoms with Crippen molar-refractivity contribution in [3.05, 3.63) is 29.3 Å². The van der Waals surface area contributed by atoms with Crippen molar-refractivity contribution in [2.75, 3.05) is 31.8 Å². The maximum atomic E-state index is 15.9. The lowest BCUT2D eigenvalue weighted by Crippen LogP contribution is -2.34. The van der Waals surface area contributed by atoms with Crippen LogP contribution >= 0.6 is 38.5 Å². The highest BCUT2D eigenvalue weighted by atomic mass is 32.7. The molecule has 25 heteroatoms. The van der Waals surface area contributed by atoms with E-state index in [-0.39, 0.29) is 40.7 Å². The number of nitrogens with zero attached hydrogens (tertiary/aromatic N) is 7. The van der Waals surface area contributed by atoms with Crippen LogP contribution in [0.2, 0.25) is 0 Å². The Balaban J connectivity index is 1.18. The van der Waals surface area contributed by atoms with Gasteiger partial charge in [0.05, 0.1) is 25.9 Å². The molecule has 0 saturated carbocycles. The van der Waals surface area contributed by atoms with E-state index in [1.807, 2.05) is 0 Å². The summed E-state index contributed by atoms with van der Waals surface area (Å²) in [7, 11) is -1.66. The van der Waals surface area contributed by atoms with Gasteiger partial charge in [0.25, 0.3) is 5.56 Å². The van der Waals surface area contributed by atoms with Crippen LogP contribution in [0.25, 0.3) is 22.3 Å². The lowest BCUT2D eigenvalue weighted by molar-refractivity contribution is -0.0550. The van der Waals surface area contributed by atoms with Gasteiger partial charge >= 0.3 is 6.80 Å². The van der Waals surface area contributed by atoms with Crippen LogP contribution in [0, 0.1) is 0 Å².